The van der Waals surface area contributed by atoms with Gasteiger partial charge in [0, 0.05) is 6.08 Å². The lowest BCUT2D eigenvalue weighted by Gasteiger charge is -2.26. The Labute approximate surface area is 179 Å². The maximum absolute atomic E-state index is 12.9. The predicted molar refractivity (Wildman–Crippen MR) is 116 cm³/mol. The number of carbonyl (C=O) groups is 3. The number of rotatable bonds is 9. The molecule has 7 nitrogen and oxygen atoms in total. The monoisotopic (exact) mass is 418 g/mol. The van der Waals surface area contributed by atoms with E-state index >= 15 is 0 Å². The molecule has 2 N–H and O–H groups in total. The molecule has 0 heterocycles. The van der Waals surface area contributed by atoms with Gasteiger partial charge < -0.3 is 20.1 Å². The lowest BCUT2D eigenvalue weighted by Crippen LogP contribution is -2.53. The summed E-state index contributed by atoms with van der Waals surface area (Å²) in [6.45, 7) is 10.9. The molecule has 0 fully saturated rings. The van der Waals surface area contributed by atoms with Crippen molar-refractivity contribution < 1.29 is 23.9 Å². The first-order valence-corrected chi connectivity index (χ1v) is 10.2. The van der Waals surface area contributed by atoms with E-state index in [1.54, 1.807) is 33.8 Å². The van der Waals surface area contributed by atoms with Gasteiger partial charge in [0.1, 0.15) is 11.6 Å². The first kappa shape index (κ1) is 25.2. The normalized spacial score (nSPS) is 13.6. The molecule has 1 aromatic carbocycles. The highest BCUT2D eigenvalue weighted by molar-refractivity contribution is 5.86. The highest BCUT2D eigenvalue weighted by Crippen LogP contribution is 2.10. The zero-order valence-corrected chi connectivity index (χ0v) is 18.7. The Balaban J connectivity index is 2.92. The molecule has 0 aliphatic heterocycles. The number of ether oxygens (including phenoxy) is 2. The van der Waals surface area contributed by atoms with Gasteiger partial charge in [-0.2, -0.15) is 0 Å². The largest absolute Gasteiger partial charge is 0.463 e. The molecular weight excluding hydrogens is 384 g/mol. The molecule has 1 rings (SSSR count). The van der Waals surface area contributed by atoms with Crippen molar-refractivity contribution in [1.29, 1.82) is 0 Å². The Kier molecular flexibility index (Phi) is 10.1. The molecule has 0 aliphatic carbocycles. The molecule has 7 heteroatoms. The summed E-state index contributed by atoms with van der Waals surface area (Å²) < 4.78 is 10.2. The molecule has 166 valence electrons. The third kappa shape index (κ3) is 10.1. The lowest BCUT2D eigenvalue weighted by molar-refractivity contribution is -0.137. The molecule has 0 aliphatic rings. The van der Waals surface area contributed by atoms with Crippen LogP contribution >= 0.6 is 0 Å². The summed E-state index contributed by atoms with van der Waals surface area (Å²) in [6, 6.07) is 8.37. The lowest BCUT2D eigenvalue weighted by atomic mass is 10.0. The van der Waals surface area contributed by atoms with Crippen molar-refractivity contribution in [2.24, 2.45) is 5.92 Å². The molecule has 0 spiro atoms. The summed E-state index contributed by atoms with van der Waals surface area (Å²) >= 11 is 0. The molecule has 30 heavy (non-hydrogen) atoms. The van der Waals surface area contributed by atoms with Gasteiger partial charge in [0.15, 0.2) is 0 Å². The van der Waals surface area contributed by atoms with E-state index in [1.165, 1.54) is 6.08 Å². The van der Waals surface area contributed by atoms with Crippen LogP contribution in [0.2, 0.25) is 0 Å². The Morgan fingerprint density at radius 3 is 2.23 bits per heavy atom. The van der Waals surface area contributed by atoms with E-state index in [0.717, 1.165) is 5.56 Å². The van der Waals surface area contributed by atoms with Crippen molar-refractivity contribution in [2.75, 3.05) is 6.61 Å². The van der Waals surface area contributed by atoms with Crippen LogP contribution in [0.1, 0.15) is 47.1 Å². The molecular formula is C23H34N2O5. The van der Waals surface area contributed by atoms with Gasteiger partial charge in [-0.15, -0.1) is 0 Å². The van der Waals surface area contributed by atoms with E-state index in [0.29, 0.717) is 6.42 Å². The number of benzene rings is 1. The van der Waals surface area contributed by atoms with E-state index in [-0.39, 0.29) is 18.4 Å². The number of esters is 1. The number of carbonyl (C=O) groups excluding carboxylic acids is 3. The van der Waals surface area contributed by atoms with Gasteiger partial charge in [0.05, 0.1) is 12.6 Å². The summed E-state index contributed by atoms with van der Waals surface area (Å²) in [5, 5.41) is 5.55. The third-order valence-electron chi connectivity index (χ3n) is 4.00. The van der Waals surface area contributed by atoms with E-state index in [4.69, 9.17) is 9.47 Å². The second kappa shape index (κ2) is 12.0. The van der Waals surface area contributed by atoms with E-state index in [9.17, 15) is 14.4 Å². The summed E-state index contributed by atoms with van der Waals surface area (Å²) in [5.74, 6) is -0.994. The highest BCUT2D eigenvalue weighted by Gasteiger charge is 2.28. The fourth-order valence-corrected chi connectivity index (χ4v) is 2.66. The topological polar surface area (TPSA) is 93.7 Å². The van der Waals surface area contributed by atoms with Crippen molar-refractivity contribution in [3.05, 3.63) is 48.0 Å². The number of alkyl carbamates (subject to hydrolysis) is 1. The smallest absolute Gasteiger partial charge is 0.408 e. The summed E-state index contributed by atoms with van der Waals surface area (Å²) in [6.07, 6.45) is 2.74. The fraction of sp³-hybridized carbons (Fsp3) is 0.522. The van der Waals surface area contributed by atoms with Crippen LogP contribution in [0.25, 0.3) is 0 Å². The maximum Gasteiger partial charge on any atom is 0.408 e. The van der Waals surface area contributed by atoms with Crippen LogP contribution in [0.4, 0.5) is 4.79 Å². The number of hydrogen-bond acceptors (Lipinski definition) is 5. The van der Waals surface area contributed by atoms with Gasteiger partial charge in [-0.1, -0.05) is 50.3 Å². The second-order valence-corrected chi connectivity index (χ2v) is 8.28. The first-order valence-electron chi connectivity index (χ1n) is 10.2. The fourth-order valence-electron chi connectivity index (χ4n) is 2.66. The number of nitrogens with one attached hydrogen (secondary N) is 2. The van der Waals surface area contributed by atoms with Crippen LogP contribution in [0.15, 0.2) is 42.5 Å². The van der Waals surface area contributed by atoms with Gasteiger partial charge >= 0.3 is 12.1 Å². The second-order valence-electron chi connectivity index (χ2n) is 8.28. The van der Waals surface area contributed by atoms with Crippen molar-refractivity contribution in [3.63, 3.8) is 0 Å². The van der Waals surface area contributed by atoms with Gasteiger partial charge in [-0.3, -0.25) is 4.79 Å². The molecule has 0 saturated heterocycles. The number of amides is 2. The maximum atomic E-state index is 12.9. The SMILES string of the molecule is CCOC(=O)/C=C/[C@H](Cc1ccccc1)NC(=O)[C@@H](NC(=O)OC(C)(C)C)C(C)C. The van der Waals surface area contributed by atoms with Crippen molar-refractivity contribution in [1.82, 2.24) is 10.6 Å². The zero-order valence-electron chi connectivity index (χ0n) is 18.7. The quantitative estimate of drug-likeness (QED) is 0.474. The average molecular weight is 419 g/mol. The molecule has 0 bridgehead atoms. The Bertz CT molecular complexity index is 723. The Morgan fingerprint density at radius 2 is 1.70 bits per heavy atom. The standard InChI is InChI=1S/C23H34N2O5/c1-7-29-19(26)14-13-18(15-17-11-9-8-10-12-17)24-21(27)20(16(2)3)25-22(28)30-23(4,5)6/h8-14,16,18,20H,7,15H2,1-6H3,(H,24,27)(H,25,28)/b14-13+/t18-,20+/m1/s1. The summed E-state index contributed by atoms with van der Waals surface area (Å²) in [4.78, 5) is 36.8. The van der Waals surface area contributed by atoms with E-state index in [1.807, 2.05) is 44.2 Å². The Hall–Kier alpha value is -2.83. The van der Waals surface area contributed by atoms with Crippen molar-refractivity contribution in [2.45, 2.75) is 65.6 Å². The van der Waals surface area contributed by atoms with Crippen LogP contribution < -0.4 is 10.6 Å². The molecule has 1 aromatic rings. The average Bonchev–Trinajstić information content (AvgIpc) is 2.63. The predicted octanol–water partition coefficient (Wildman–Crippen LogP) is 3.38. The molecule has 0 unspecified atom stereocenters. The Morgan fingerprint density at radius 1 is 1.07 bits per heavy atom. The molecule has 2 atom stereocenters. The minimum Gasteiger partial charge on any atom is -0.463 e. The highest BCUT2D eigenvalue weighted by atomic mass is 16.6. The third-order valence-corrected chi connectivity index (χ3v) is 4.00. The van der Waals surface area contributed by atoms with Crippen molar-refractivity contribution in [3.8, 4) is 0 Å². The van der Waals surface area contributed by atoms with Crippen LogP contribution in [0.5, 0.6) is 0 Å². The van der Waals surface area contributed by atoms with E-state index in [2.05, 4.69) is 10.6 Å². The minimum atomic E-state index is -0.783. The minimum absolute atomic E-state index is 0.163. The van der Waals surface area contributed by atoms with Gasteiger partial charge in [0.25, 0.3) is 0 Å². The summed E-state index contributed by atoms with van der Waals surface area (Å²) in [7, 11) is 0. The molecule has 2 amide bonds. The van der Waals surface area contributed by atoms with Crippen LogP contribution in [-0.2, 0) is 25.5 Å². The van der Waals surface area contributed by atoms with E-state index < -0.39 is 29.7 Å². The van der Waals surface area contributed by atoms with Gasteiger partial charge in [0.2, 0.25) is 5.91 Å². The zero-order chi connectivity index (χ0) is 22.7. The van der Waals surface area contributed by atoms with Gasteiger partial charge in [-0.25, -0.2) is 9.59 Å². The molecule has 0 saturated carbocycles. The number of hydrogen-bond donors (Lipinski definition) is 2. The first-order chi connectivity index (χ1) is 14.0. The van der Waals surface area contributed by atoms with Crippen LogP contribution in [0.3, 0.4) is 0 Å². The van der Waals surface area contributed by atoms with Crippen LogP contribution in [0, 0.1) is 5.92 Å². The van der Waals surface area contributed by atoms with Crippen LogP contribution in [-0.4, -0.2) is 42.3 Å². The molecule has 0 aromatic heterocycles. The summed E-state index contributed by atoms with van der Waals surface area (Å²) in [5.41, 5.74) is 0.331. The molecule has 0 radical (unpaired) electrons. The van der Waals surface area contributed by atoms with Crippen molar-refractivity contribution >= 4 is 18.0 Å². The van der Waals surface area contributed by atoms with Gasteiger partial charge in [-0.05, 0) is 45.6 Å².